The van der Waals surface area contributed by atoms with Crippen molar-refractivity contribution >= 4 is 22.8 Å². The number of nitrogens with one attached hydrogen (secondary N) is 2. The lowest BCUT2D eigenvalue weighted by Gasteiger charge is -2.15. The Bertz CT molecular complexity index is 932. The minimum Gasteiger partial charge on any atom is -0.440 e. The molecule has 3 N–H and O–H groups in total. The van der Waals surface area contributed by atoms with E-state index >= 15 is 0 Å². The van der Waals surface area contributed by atoms with E-state index in [1.807, 2.05) is 42.5 Å². The number of carbonyl (C=O) groups is 1. The Morgan fingerprint density at radius 3 is 2.74 bits per heavy atom. The van der Waals surface area contributed by atoms with Crippen molar-refractivity contribution < 1.29 is 14.3 Å². The van der Waals surface area contributed by atoms with Gasteiger partial charge in [0, 0.05) is 31.3 Å². The van der Waals surface area contributed by atoms with Crippen LogP contribution in [-0.2, 0) is 6.42 Å². The Balaban J connectivity index is 1.38. The fourth-order valence-corrected chi connectivity index (χ4v) is 3.27. The first-order valence-corrected chi connectivity index (χ1v) is 9.25. The molecule has 1 heterocycles. The number of hydrogen-bond acceptors (Lipinski definition) is 4. The normalized spacial score (nSPS) is 14.9. The minimum absolute atomic E-state index is 0.0906. The zero-order valence-corrected chi connectivity index (χ0v) is 15.1. The number of fused-ring (bicyclic) bond motifs is 1. The number of rotatable bonds is 7. The topological polar surface area (TPSA) is 87.4 Å². The van der Waals surface area contributed by atoms with Crippen LogP contribution in [0.1, 0.15) is 30.7 Å². The van der Waals surface area contributed by atoms with Gasteiger partial charge in [-0.05, 0) is 42.4 Å². The van der Waals surface area contributed by atoms with Gasteiger partial charge in [-0.3, -0.25) is 0 Å². The molecule has 1 aromatic heterocycles. The highest BCUT2D eigenvalue weighted by molar-refractivity contribution is 5.91. The quantitative estimate of drug-likeness (QED) is 0.596. The maximum absolute atomic E-state index is 12.1. The number of aromatic nitrogens is 1. The Morgan fingerprint density at radius 1 is 1.19 bits per heavy atom. The van der Waals surface area contributed by atoms with Crippen LogP contribution < -0.4 is 10.6 Å². The molecule has 6 heteroatoms. The van der Waals surface area contributed by atoms with Crippen LogP contribution in [0.25, 0.3) is 11.1 Å². The Kier molecular flexibility index (Phi) is 4.81. The summed E-state index contributed by atoms with van der Waals surface area (Å²) in [6, 6.07) is 15.2. The molecular formula is C21H23N3O3. The lowest BCUT2D eigenvalue weighted by molar-refractivity contribution is 0.234. The number of amides is 2. The molecule has 0 saturated heterocycles. The molecule has 1 aliphatic rings. The summed E-state index contributed by atoms with van der Waals surface area (Å²) in [5.41, 5.74) is 3.31. The van der Waals surface area contributed by atoms with Gasteiger partial charge < -0.3 is 20.2 Å². The summed E-state index contributed by atoms with van der Waals surface area (Å²) in [5.74, 6) is 0.650. The highest BCUT2D eigenvalue weighted by Crippen LogP contribution is 2.47. The number of nitrogens with zero attached hydrogens (tertiary/aromatic N) is 1. The van der Waals surface area contributed by atoms with Gasteiger partial charge in [0.1, 0.15) is 5.52 Å². The number of carbonyl (C=O) groups excluding carboxylic acids is 1. The molecule has 1 fully saturated rings. The predicted molar refractivity (Wildman–Crippen MR) is 104 cm³/mol. The van der Waals surface area contributed by atoms with Crippen LogP contribution in [0.5, 0.6) is 0 Å². The molecule has 0 radical (unpaired) electrons. The standard InChI is InChI=1S/C21H23N3O3/c25-11-10-21(8-9-21)14-22-20(26)23-16-6-7-17-18(13-16)27-19(24-17)12-15-4-2-1-3-5-15/h1-7,13,25H,8-12,14H2,(H2,22,23,26). The average molecular weight is 365 g/mol. The second-order valence-electron chi connectivity index (χ2n) is 7.23. The van der Waals surface area contributed by atoms with Crippen LogP contribution >= 0.6 is 0 Å². The van der Waals surface area contributed by atoms with E-state index in [1.165, 1.54) is 0 Å². The first-order valence-electron chi connectivity index (χ1n) is 9.25. The molecule has 140 valence electrons. The molecule has 0 aliphatic heterocycles. The molecule has 3 aromatic rings. The zero-order valence-electron chi connectivity index (χ0n) is 15.1. The fourth-order valence-electron chi connectivity index (χ4n) is 3.27. The van der Waals surface area contributed by atoms with Crippen molar-refractivity contribution in [2.45, 2.75) is 25.7 Å². The lowest BCUT2D eigenvalue weighted by Crippen LogP contribution is -2.34. The third-order valence-corrected chi connectivity index (χ3v) is 5.11. The first-order chi connectivity index (χ1) is 13.2. The van der Waals surface area contributed by atoms with Gasteiger partial charge in [-0.15, -0.1) is 0 Å². The second kappa shape index (κ2) is 7.40. The fraction of sp³-hybridized carbons (Fsp3) is 0.333. The lowest BCUT2D eigenvalue weighted by atomic mass is 10.0. The predicted octanol–water partition coefficient (Wildman–Crippen LogP) is 3.70. The molecule has 27 heavy (non-hydrogen) atoms. The summed E-state index contributed by atoms with van der Waals surface area (Å²) in [4.78, 5) is 16.6. The Labute approximate surface area is 157 Å². The largest absolute Gasteiger partial charge is 0.440 e. The van der Waals surface area contributed by atoms with Gasteiger partial charge in [-0.25, -0.2) is 9.78 Å². The van der Waals surface area contributed by atoms with Crippen molar-refractivity contribution in [2.75, 3.05) is 18.5 Å². The third-order valence-electron chi connectivity index (χ3n) is 5.11. The van der Waals surface area contributed by atoms with E-state index in [1.54, 1.807) is 6.07 Å². The van der Waals surface area contributed by atoms with Gasteiger partial charge in [0.05, 0.1) is 0 Å². The van der Waals surface area contributed by atoms with Crippen molar-refractivity contribution in [1.82, 2.24) is 10.3 Å². The van der Waals surface area contributed by atoms with E-state index in [0.29, 0.717) is 30.1 Å². The van der Waals surface area contributed by atoms with Crippen LogP contribution in [0.4, 0.5) is 10.5 Å². The Hall–Kier alpha value is -2.86. The zero-order chi connectivity index (χ0) is 18.7. The number of hydrogen-bond donors (Lipinski definition) is 3. The molecule has 4 rings (SSSR count). The summed E-state index contributed by atoms with van der Waals surface area (Å²) >= 11 is 0. The molecule has 2 amide bonds. The molecule has 6 nitrogen and oxygen atoms in total. The van der Waals surface area contributed by atoms with E-state index in [2.05, 4.69) is 15.6 Å². The summed E-state index contributed by atoms with van der Waals surface area (Å²) in [6.07, 6.45) is 3.48. The van der Waals surface area contributed by atoms with Crippen LogP contribution in [0, 0.1) is 5.41 Å². The van der Waals surface area contributed by atoms with Crippen LogP contribution in [0.3, 0.4) is 0 Å². The number of anilines is 1. The van der Waals surface area contributed by atoms with Gasteiger partial charge in [0.25, 0.3) is 0 Å². The maximum Gasteiger partial charge on any atom is 0.319 e. The van der Waals surface area contributed by atoms with Crippen molar-refractivity contribution in [2.24, 2.45) is 5.41 Å². The second-order valence-corrected chi connectivity index (χ2v) is 7.23. The molecule has 1 aliphatic carbocycles. The van der Waals surface area contributed by atoms with E-state index in [4.69, 9.17) is 9.52 Å². The van der Waals surface area contributed by atoms with Gasteiger partial charge in [0.2, 0.25) is 0 Å². The van der Waals surface area contributed by atoms with Gasteiger partial charge in [-0.1, -0.05) is 30.3 Å². The van der Waals surface area contributed by atoms with E-state index < -0.39 is 0 Å². The summed E-state index contributed by atoms with van der Waals surface area (Å²) in [5, 5.41) is 14.8. The highest BCUT2D eigenvalue weighted by atomic mass is 16.3. The Morgan fingerprint density at radius 2 is 2.00 bits per heavy atom. The SMILES string of the molecule is O=C(NCC1(CCO)CC1)Nc1ccc2nc(Cc3ccccc3)oc2c1. The number of aliphatic hydroxyl groups excluding tert-OH is 1. The molecule has 1 saturated carbocycles. The molecule has 0 bridgehead atoms. The number of oxazole rings is 1. The molecule has 0 unspecified atom stereocenters. The molecule has 2 aromatic carbocycles. The van der Waals surface area contributed by atoms with Crippen LogP contribution in [0.15, 0.2) is 52.9 Å². The third kappa shape index (κ3) is 4.28. The highest BCUT2D eigenvalue weighted by Gasteiger charge is 2.41. The maximum atomic E-state index is 12.1. The number of aliphatic hydroxyl groups is 1. The van der Waals surface area contributed by atoms with E-state index in [-0.39, 0.29) is 18.1 Å². The first kappa shape index (κ1) is 17.5. The van der Waals surface area contributed by atoms with Gasteiger partial charge in [-0.2, -0.15) is 0 Å². The van der Waals surface area contributed by atoms with Crippen molar-refractivity contribution in [3.05, 3.63) is 60.0 Å². The van der Waals surface area contributed by atoms with Crippen molar-refractivity contribution in [1.29, 1.82) is 0 Å². The summed E-state index contributed by atoms with van der Waals surface area (Å²) in [7, 11) is 0. The van der Waals surface area contributed by atoms with Crippen molar-refractivity contribution in [3.63, 3.8) is 0 Å². The molecule has 0 atom stereocenters. The van der Waals surface area contributed by atoms with Gasteiger partial charge in [0.15, 0.2) is 11.5 Å². The van der Waals surface area contributed by atoms with Crippen molar-refractivity contribution in [3.8, 4) is 0 Å². The number of benzene rings is 2. The van der Waals surface area contributed by atoms with Gasteiger partial charge >= 0.3 is 6.03 Å². The van der Waals surface area contributed by atoms with Crippen LogP contribution in [0.2, 0.25) is 0 Å². The minimum atomic E-state index is -0.248. The molecule has 0 spiro atoms. The smallest absolute Gasteiger partial charge is 0.319 e. The number of urea groups is 1. The molecular weight excluding hydrogens is 342 g/mol. The van der Waals surface area contributed by atoms with E-state index in [0.717, 1.165) is 30.3 Å². The summed E-state index contributed by atoms with van der Waals surface area (Å²) < 4.78 is 5.84. The van der Waals surface area contributed by atoms with Crippen LogP contribution in [-0.4, -0.2) is 29.3 Å². The summed E-state index contributed by atoms with van der Waals surface area (Å²) in [6.45, 7) is 0.752. The monoisotopic (exact) mass is 365 g/mol. The van der Waals surface area contributed by atoms with E-state index in [9.17, 15) is 4.79 Å². The average Bonchev–Trinajstić information content (AvgIpc) is 3.32.